The maximum absolute atomic E-state index is 13.5. The van der Waals surface area contributed by atoms with Gasteiger partial charge in [-0.3, -0.25) is 9.59 Å². The number of nitrogens with one attached hydrogen (secondary N) is 2. The van der Waals surface area contributed by atoms with Gasteiger partial charge in [-0.2, -0.15) is 0 Å². The lowest BCUT2D eigenvalue weighted by Crippen LogP contribution is -2.23. The summed E-state index contributed by atoms with van der Waals surface area (Å²) in [6.45, 7) is 6.06. The lowest BCUT2D eigenvalue weighted by Gasteiger charge is -2.10. The zero-order chi connectivity index (χ0) is 26.8. The number of hydrogen-bond donors (Lipinski definition) is 2. The Morgan fingerprint density at radius 1 is 1.14 bits per heavy atom. The molecule has 37 heavy (non-hydrogen) atoms. The highest BCUT2D eigenvalue weighted by Gasteiger charge is 2.15. The Morgan fingerprint density at radius 3 is 2.65 bits per heavy atom. The van der Waals surface area contributed by atoms with Crippen molar-refractivity contribution >= 4 is 35.3 Å². The number of aromatic nitrogens is 3. The topological polar surface area (TPSA) is 107 Å². The smallest absolute Gasteiger partial charge is 0.244 e. The third-order valence-electron chi connectivity index (χ3n) is 5.17. The summed E-state index contributed by atoms with van der Waals surface area (Å²) < 4.78 is 25.7. The Bertz CT molecular complexity index is 1310. The number of aryl methyl sites for hydroxylation is 1. The lowest BCUT2D eigenvalue weighted by atomic mass is 10.2. The van der Waals surface area contributed by atoms with E-state index in [1.54, 1.807) is 62.1 Å². The first-order chi connectivity index (χ1) is 17.8. The Kier molecular flexibility index (Phi) is 9.84. The van der Waals surface area contributed by atoms with Gasteiger partial charge in [0.2, 0.25) is 11.8 Å². The molecule has 2 aromatic carbocycles. The number of rotatable bonds is 12. The van der Waals surface area contributed by atoms with Gasteiger partial charge in [0.05, 0.1) is 26.5 Å². The third kappa shape index (κ3) is 7.68. The van der Waals surface area contributed by atoms with Crippen molar-refractivity contribution in [1.29, 1.82) is 0 Å². The Morgan fingerprint density at radius 2 is 1.92 bits per heavy atom. The van der Waals surface area contributed by atoms with E-state index in [-0.39, 0.29) is 24.1 Å². The Hall–Kier alpha value is -4.12. The molecule has 0 bridgehead atoms. The first-order valence-electron chi connectivity index (χ1n) is 11.2. The highest BCUT2D eigenvalue weighted by Crippen LogP contribution is 2.28. The maximum Gasteiger partial charge on any atom is 0.244 e. The number of carbonyl (C=O) groups excluding carboxylic acids is 2. The summed E-state index contributed by atoms with van der Waals surface area (Å²) in [5.74, 6) is 0.671. The zero-order valence-electron chi connectivity index (χ0n) is 20.8. The number of hydrogen-bond acceptors (Lipinski definition) is 7. The molecule has 0 unspecified atom stereocenters. The number of methoxy groups -OCH3 is 2. The van der Waals surface area contributed by atoms with Crippen LogP contribution in [-0.4, -0.2) is 46.6 Å². The van der Waals surface area contributed by atoms with E-state index in [2.05, 4.69) is 27.4 Å². The maximum atomic E-state index is 13.5. The molecule has 3 rings (SSSR count). The Balaban J connectivity index is 1.58. The van der Waals surface area contributed by atoms with Crippen LogP contribution in [0.4, 0.5) is 10.1 Å². The molecule has 0 atom stereocenters. The SMILES string of the molecule is C=CCn1c(CNC(=O)/C=C/c2ccc(OC)c(OC)c2)nnc1SCC(=O)Nc1cc(F)ccc1C. The van der Waals surface area contributed by atoms with Gasteiger partial charge in [0, 0.05) is 18.3 Å². The Labute approximate surface area is 218 Å². The van der Waals surface area contributed by atoms with E-state index >= 15 is 0 Å². The largest absolute Gasteiger partial charge is 0.493 e. The number of ether oxygens (including phenoxy) is 2. The van der Waals surface area contributed by atoms with E-state index in [0.717, 1.165) is 11.1 Å². The van der Waals surface area contributed by atoms with Crippen LogP contribution in [-0.2, 0) is 22.7 Å². The monoisotopic (exact) mass is 525 g/mol. The molecule has 11 heteroatoms. The number of nitrogens with zero attached hydrogens (tertiary/aromatic N) is 3. The average molecular weight is 526 g/mol. The van der Waals surface area contributed by atoms with Crippen LogP contribution in [0.15, 0.2) is 60.3 Å². The highest BCUT2D eigenvalue weighted by molar-refractivity contribution is 7.99. The first kappa shape index (κ1) is 27.5. The number of thioether (sulfide) groups is 1. The molecule has 9 nitrogen and oxygen atoms in total. The second-order valence-corrected chi connectivity index (χ2v) is 8.70. The van der Waals surface area contributed by atoms with E-state index < -0.39 is 5.82 Å². The number of amides is 2. The molecule has 194 valence electrons. The van der Waals surface area contributed by atoms with Gasteiger partial charge in [0.25, 0.3) is 0 Å². The van der Waals surface area contributed by atoms with Crippen molar-refractivity contribution in [3.8, 4) is 11.5 Å². The number of allylic oxidation sites excluding steroid dienone is 1. The van der Waals surface area contributed by atoms with Crippen molar-refractivity contribution in [2.75, 3.05) is 25.3 Å². The second-order valence-electron chi connectivity index (χ2n) is 7.76. The molecule has 1 heterocycles. The van der Waals surface area contributed by atoms with Gasteiger partial charge in [0.15, 0.2) is 22.5 Å². The summed E-state index contributed by atoms with van der Waals surface area (Å²) in [5.41, 5.74) is 1.95. The molecule has 1 aromatic heterocycles. The number of benzene rings is 2. The van der Waals surface area contributed by atoms with Crippen LogP contribution in [0.5, 0.6) is 11.5 Å². The molecule has 3 aromatic rings. The molecule has 0 saturated carbocycles. The first-order valence-corrected chi connectivity index (χ1v) is 12.2. The number of carbonyl (C=O) groups is 2. The van der Waals surface area contributed by atoms with Crippen LogP contribution >= 0.6 is 11.8 Å². The predicted octanol–water partition coefficient (Wildman–Crippen LogP) is 3.99. The van der Waals surface area contributed by atoms with E-state index in [4.69, 9.17) is 9.47 Å². The van der Waals surface area contributed by atoms with Crippen LogP contribution < -0.4 is 20.1 Å². The molecule has 0 radical (unpaired) electrons. The molecule has 0 spiro atoms. The molecule has 0 aliphatic heterocycles. The summed E-state index contributed by atoms with van der Waals surface area (Å²) in [7, 11) is 3.10. The minimum atomic E-state index is -0.426. The summed E-state index contributed by atoms with van der Waals surface area (Å²) in [6.07, 6.45) is 4.74. The van der Waals surface area contributed by atoms with Crippen molar-refractivity contribution in [2.45, 2.75) is 25.2 Å². The molecular weight excluding hydrogens is 497 g/mol. The van der Waals surface area contributed by atoms with Crippen LogP contribution in [0.25, 0.3) is 6.08 Å². The predicted molar refractivity (Wildman–Crippen MR) is 141 cm³/mol. The van der Waals surface area contributed by atoms with E-state index in [9.17, 15) is 14.0 Å². The standard InChI is InChI=1S/C26H28FN5O4S/c1-5-12-32-23(15-28-24(33)11-8-18-7-10-21(35-3)22(13-18)36-4)30-31-26(32)37-16-25(34)29-20-14-19(27)9-6-17(20)2/h5-11,13-14H,1,12,15-16H2,2-4H3,(H,28,33)(H,29,34)/b11-8+. The molecule has 0 saturated heterocycles. The van der Waals surface area contributed by atoms with Gasteiger partial charge in [0.1, 0.15) is 5.82 Å². The number of anilines is 1. The highest BCUT2D eigenvalue weighted by atomic mass is 32.2. The third-order valence-corrected chi connectivity index (χ3v) is 6.13. The fourth-order valence-electron chi connectivity index (χ4n) is 3.27. The fraction of sp³-hybridized carbons (Fsp3) is 0.231. The molecule has 2 amide bonds. The van der Waals surface area contributed by atoms with Gasteiger partial charge in [-0.1, -0.05) is 30.0 Å². The van der Waals surface area contributed by atoms with Gasteiger partial charge in [-0.05, 0) is 48.4 Å². The lowest BCUT2D eigenvalue weighted by molar-refractivity contribution is -0.116. The van der Waals surface area contributed by atoms with Gasteiger partial charge in [-0.15, -0.1) is 16.8 Å². The van der Waals surface area contributed by atoms with Crippen LogP contribution in [0, 0.1) is 12.7 Å². The minimum absolute atomic E-state index is 0.0473. The van der Waals surface area contributed by atoms with Crippen molar-refractivity contribution in [3.05, 3.63) is 77.9 Å². The van der Waals surface area contributed by atoms with Crippen molar-refractivity contribution in [1.82, 2.24) is 20.1 Å². The van der Waals surface area contributed by atoms with Gasteiger partial charge >= 0.3 is 0 Å². The second kappa shape index (κ2) is 13.3. The van der Waals surface area contributed by atoms with E-state index in [0.29, 0.717) is 34.7 Å². The van der Waals surface area contributed by atoms with Gasteiger partial charge in [-0.25, -0.2) is 4.39 Å². The molecule has 0 aliphatic rings. The van der Waals surface area contributed by atoms with E-state index in [1.165, 1.54) is 30.0 Å². The zero-order valence-corrected chi connectivity index (χ0v) is 21.6. The molecule has 2 N–H and O–H groups in total. The van der Waals surface area contributed by atoms with Crippen molar-refractivity contribution < 1.29 is 23.5 Å². The summed E-state index contributed by atoms with van der Waals surface area (Å²) in [6, 6.07) is 9.54. The molecule has 0 fully saturated rings. The van der Waals surface area contributed by atoms with E-state index in [1.807, 2.05) is 0 Å². The molecule has 0 aliphatic carbocycles. The molecular formula is C26H28FN5O4S. The summed E-state index contributed by atoms with van der Waals surface area (Å²) >= 11 is 1.18. The van der Waals surface area contributed by atoms with Crippen molar-refractivity contribution in [2.24, 2.45) is 0 Å². The summed E-state index contributed by atoms with van der Waals surface area (Å²) in [5, 5.41) is 14.3. The number of halogens is 1. The summed E-state index contributed by atoms with van der Waals surface area (Å²) in [4.78, 5) is 24.8. The normalized spacial score (nSPS) is 10.8. The fourth-order valence-corrected chi connectivity index (χ4v) is 4.03. The quantitative estimate of drug-likeness (QED) is 0.209. The van der Waals surface area contributed by atoms with Gasteiger partial charge < -0.3 is 24.7 Å². The van der Waals surface area contributed by atoms with Crippen molar-refractivity contribution in [3.63, 3.8) is 0 Å². The van der Waals surface area contributed by atoms with Crippen LogP contribution in [0.2, 0.25) is 0 Å². The van der Waals surface area contributed by atoms with Crippen LogP contribution in [0.3, 0.4) is 0 Å². The van der Waals surface area contributed by atoms with Crippen LogP contribution in [0.1, 0.15) is 17.0 Å². The minimum Gasteiger partial charge on any atom is -0.493 e. The average Bonchev–Trinajstić information content (AvgIpc) is 3.28.